The molecule has 0 saturated heterocycles. The van der Waals surface area contributed by atoms with Crippen molar-refractivity contribution in [2.75, 3.05) is 19.8 Å². The van der Waals surface area contributed by atoms with E-state index in [2.05, 4.69) is 0 Å². The molecule has 0 radical (unpaired) electrons. The average molecular weight is 252 g/mol. The maximum Gasteiger partial charge on any atom is 0.313 e. The Morgan fingerprint density at radius 1 is 1.28 bits per heavy atom. The highest BCUT2D eigenvalue weighted by molar-refractivity contribution is 6.07. The predicted octanol–water partition coefficient (Wildman–Crippen LogP) is 1.19. The van der Waals surface area contributed by atoms with Gasteiger partial charge in [0.05, 0.1) is 18.8 Å². The van der Waals surface area contributed by atoms with Gasteiger partial charge in [-0.25, -0.2) is 0 Å². The number of ether oxygens (including phenoxy) is 2. The number of ketones is 1. The van der Waals surface area contributed by atoms with Crippen LogP contribution in [0.25, 0.3) is 0 Å². The summed E-state index contributed by atoms with van der Waals surface area (Å²) in [6.45, 7) is 1.89. The normalized spacial score (nSPS) is 9.89. The van der Waals surface area contributed by atoms with E-state index in [4.69, 9.17) is 14.6 Å². The molecule has 1 aromatic rings. The third-order valence-electron chi connectivity index (χ3n) is 2.15. The fourth-order valence-electron chi connectivity index (χ4n) is 1.42. The number of aliphatic hydroxyl groups is 1. The molecule has 5 nitrogen and oxygen atoms in total. The predicted molar refractivity (Wildman–Crippen MR) is 64.6 cm³/mol. The smallest absolute Gasteiger partial charge is 0.313 e. The summed E-state index contributed by atoms with van der Waals surface area (Å²) in [6, 6.07) is 6.60. The number of hydrogen-bond donors (Lipinski definition) is 1. The van der Waals surface area contributed by atoms with E-state index >= 15 is 0 Å². The quantitative estimate of drug-likeness (QED) is 0.448. The number of benzene rings is 1. The van der Waals surface area contributed by atoms with Gasteiger partial charge in [0.2, 0.25) is 0 Å². The highest BCUT2D eigenvalue weighted by atomic mass is 16.5. The highest BCUT2D eigenvalue weighted by Crippen LogP contribution is 2.19. The largest absolute Gasteiger partial charge is 0.490 e. The molecule has 0 saturated carbocycles. The summed E-state index contributed by atoms with van der Waals surface area (Å²) in [5, 5.41) is 8.69. The maximum absolute atomic E-state index is 11.9. The lowest BCUT2D eigenvalue weighted by Gasteiger charge is -2.09. The van der Waals surface area contributed by atoms with Crippen molar-refractivity contribution in [3.63, 3.8) is 0 Å². The van der Waals surface area contributed by atoms with E-state index in [-0.39, 0.29) is 32.0 Å². The van der Waals surface area contributed by atoms with Gasteiger partial charge in [0.1, 0.15) is 18.8 Å². The van der Waals surface area contributed by atoms with E-state index in [1.807, 2.05) is 0 Å². The standard InChI is InChI=1S/C13H16O5/c1-2-17-13(16)9-11(15)10-5-3-4-6-12(10)18-8-7-14/h3-6,14H,2,7-9H2,1H3. The third kappa shape index (κ3) is 4.18. The zero-order valence-corrected chi connectivity index (χ0v) is 10.2. The van der Waals surface area contributed by atoms with Crippen molar-refractivity contribution in [1.29, 1.82) is 0 Å². The molecule has 0 fully saturated rings. The van der Waals surface area contributed by atoms with Gasteiger partial charge in [-0.1, -0.05) is 12.1 Å². The van der Waals surface area contributed by atoms with Gasteiger partial charge in [-0.3, -0.25) is 9.59 Å². The molecular formula is C13H16O5. The van der Waals surface area contributed by atoms with Gasteiger partial charge >= 0.3 is 5.97 Å². The summed E-state index contributed by atoms with van der Waals surface area (Å²) >= 11 is 0. The van der Waals surface area contributed by atoms with E-state index in [0.717, 1.165) is 0 Å². The molecule has 5 heteroatoms. The Morgan fingerprint density at radius 2 is 2.00 bits per heavy atom. The first-order valence-electron chi connectivity index (χ1n) is 5.70. The van der Waals surface area contributed by atoms with Crippen molar-refractivity contribution < 1.29 is 24.2 Å². The fourth-order valence-corrected chi connectivity index (χ4v) is 1.42. The van der Waals surface area contributed by atoms with Crippen molar-refractivity contribution in [3.8, 4) is 5.75 Å². The Kier molecular flexibility index (Phi) is 5.87. The van der Waals surface area contributed by atoms with Crippen LogP contribution in [0.1, 0.15) is 23.7 Å². The molecule has 0 aliphatic heterocycles. The Labute approximate surface area is 105 Å². The summed E-state index contributed by atoms with van der Waals surface area (Å²) in [5.41, 5.74) is 0.319. The topological polar surface area (TPSA) is 72.8 Å². The molecule has 0 bridgehead atoms. The molecule has 0 atom stereocenters. The van der Waals surface area contributed by atoms with Gasteiger partial charge in [-0.05, 0) is 19.1 Å². The van der Waals surface area contributed by atoms with E-state index in [9.17, 15) is 9.59 Å². The molecular weight excluding hydrogens is 236 g/mol. The maximum atomic E-state index is 11.9. The summed E-state index contributed by atoms with van der Waals surface area (Å²) in [5.74, 6) is -0.553. The Hall–Kier alpha value is -1.88. The molecule has 0 unspecified atom stereocenters. The minimum absolute atomic E-state index is 0.101. The van der Waals surface area contributed by atoms with Gasteiger partial charge in [0, 0.05) is 0 Å². The number of esters is 1. The molecule has 0 heterocycles. The van der Waals surface area contributed by atoms with Crippen LogP contribution in [-0.2, 0) is 9.53 Å². The number of para-hydroxylation sites is 1. The van der Waals surface area contributed by atoms with Gasteiger partial charge in [-0.2, -0.15) is 0 Å². The van der Waals surface area contributed by atoms with Crippen LogP contribution < -0.4 is 4.74 Å². The van der Waals surface area contributed by atoms with E-state index < -0.39 is 5.97 Å². The molecule has 0 spiro atoms. The second-order valence-electron chi connectivity index (χ2n) is 3.47. The zero-order chi connectivity index (χ0) is 13.4. The first-order chi connectivity index (χ1) is 8.69. The Balaban J connectivity index is 2.75. The minimum atomic E-state index is -0.556. The van der Waals surface area contributed by atoms with Gasteiger partial charge in [0.15, 0.2) is 5.78 Å². The summed E-state index contributed by atoms with van der Waals surface area (Å²) < 4.78 is 9.94. The van der Waals surface area contributed by atoms with Crippen LogP contribution in [-0.4, -0.2) is 36.7 Å². The van der Waals surface area contributed by atoms with Crippen molar-refractivity contribution in [1.82, 2.24) is 0 Å². The second-order valence-corrected chi connectivity index (χ2v) is 3.47. The molecule has 0 aliphatic rings. The minimum Gasteiger partial charge on any atom is -0.490 e. The van der Waals surface area contributed by atoms with Crippen LogP contribution in [0.2, 0.25) is 0 Å². The Bertz CT molecular complexity index is 414. The molecule has 1 N–H and O–H groups in total. The van der Waals surface area contributed by atoms with Crippen molar-refractivity contribution in [3.05, 3.63) is 29.8 Å². The second kappa shape index (κ2) is 7.45. The lowest BCUT2D eigenvalue weighted by atomic mass is 10.1. The molecule has 1 aromatic carbocycles. The number of aliphatic hydroxyl groups excluding tert-OH is 1. The lowest BCUT2D eigenvalue weighted by Crippen LogP contribution is -2.13. The fraction of sp³-hybridized carbons (Fsp3) is 0.385. The zero-order valence-electron chi connectivity index (χ0n) is 10.2. The van der Waals surface area contributed by atoms with Crippen molar-refractivity contribution >= 4 is 11.8 Å². The summed E-state index contributed by atoms with van der Waals surface area (Å²) in [6.07, 6.45) is -0.312. The molecule has 0 amide bonds. The average Bonchev–Trinajstić information content (AvgIpc) is 2.36. The molecule has 0 aromatic heterocycles. The number of carbonyl (C=O) groups excluding carboxylic acids is 2. The third-order valence-corrected chi connectivity index (χ3v) is 2.15. The van der Waals surface area contributed by atoms with Gasteiger partial charge < -0.3 is 14.6 Å². The number of Topliss-reactive ketones (excluding diaryl/α,β-unsaturated/α-hetero) is 1. The first-order valence-corrected chi connectivity index (χ1v) is 5.70. The summed E-state index contributed by atoms with van der Waals surface area (Å²) in [4.78, 5) is 23.1. The molecule has 1 rings (SSSR count). The number of carbonyl (C=O) groups is 2. The first kappa shape index (κ1) is 14.2. The van der Waals surface area contributed by atoms with Crippen LogP contribution in [0.4, 0.5) is 0 Å². The van der Waals surface area contributed by atoms with E-state index in [1.54, 1.807) is 31.2 Å². The van der Waals surface area contributed by atoms with Crippen LogP contribution in [0.3, 0.4) is 0 Å². The monoisotopic (exact) mass is 252 g/mol. The lowest BCUT2D eigenvalue weighted by molar-refractivity contribution is -0.141. The SMILES string of the molecule is CCOC(=O)CC(=O)c1ccccc1OCCO. The number of hydrogen-bond acceptors (Lipinski definition) is 5. The van der Waals surface area contributed by atoms with Crippen LogP contribution in [0.5, 0.6) is 5.75 Å². The highest BCUT2D eigenvalue weighted by Gasteiger charge is 2.16. The number of rotatable bonds is 7. The van der Waals surface area contributed by atoms with Crippen molar-refractivity contribution in [2.24, 2.45) is 0 Å². The molecule has 18 heavy (non-hydrogen) atoms. The summed E-state index contributed by atoms with van der Waals surface area (Å²) in [7, 11) is 0. The molecule has 0 aliphatic carbocycles. The Morgan fingerprint density at radius 3 is 2.67 bits per heavy atom. The molecule has 98 valence electrons. The van der Waals surface area contributed by atoms with E-state index in [0.29, 0.717) is 11.3 Å². The van der Waals surface area contributed by atoms with Gasteiger partial charge in [0.25, 0.3) is 0 Å². The van der Waals surface area contributed by atoms with Gasteiger partial charge in [-0.15, -0.1) is 0 Å². The van der Waals surface area contributed by atoms with Crippen molar-refractivity contribution in [2.45, 2.75) is 13.3 Å². The van der Waals surface area contributed by atoms with Crippen LogP contribution in [0.15, 0.2) is 24.3 Å². The van der Waals surface area contributed by atoms with Crippen LogP contribution >= 0.6 is 0 Å². The van der Waals surface area contributed by atoms with Crippen LogP contribution in [0, 0.1) is 0 Å². The van der Waals surface area contributed by atoms with E-state index in [1.165, 1.54) is 0 Å².